The number of rotatable bonds is 6. The summed E-state index contributed by atoms with van der Waals surface area (Å²) in [4.78, 5) is 25.1. The fourth-order valence-electron chi connectivity index (χ4n) is 4.01. The van der Waals surface area contributed by atoms with Crippen molar-refractivity contribution in [3.05, 3.63) is 93.9 Å². The number of methoxy groups -OCH3 is 2. The average Bonchev–Trinajstić information content (AvgIpc) is 3.03. The van der Waals surface area contributed by atoms with Gasteiger partial charge in [0.15, 0.2) is 0 Å². The maximum Gasteiger partial charge on any atom is 0.339 e. The highest BCUT2D eigenvalue weighted by molar-refractivity contribution is 6.31. The summed E-state index contributed by atoms with van der Waals surface area (Å²) in [6, 6.07) is 12.4. The zero-order valence-electron chi connectivity index (χ0n) is 24.8. The third kappa shape index (κ3) is 4.56. The van der Waals surface area contributed by atoms with Crippen LogP contribution < -0.4 is 14.8 Å². The Morgan fingerprint density at radius 3 is 2.76 bits per heavy atom. The second-order valence-electron chi connectivity index (χ2n) is 7.88. The first-order valence-corrected chi connectivity index (χ1v) is 11.1. The van der Waals surface area contributed by atoms with Crippen molar-refractivity contribution < 1.29 is 32.0 Å². The number of carboxylic acid groups (broad SMARTS) is 1. The monoisotopic (exact) mass is 524 g/mol. The summed E-state index contributed by atoms with van der Waals surface area (Å²) in [6.07, 6.45) is 1.49. The summed E-state index contributed by atoms with van der Waals surface area (Å²) in [6.45, 7) is -0.0112. The number of carbonyl (C=O) groups is 1. The maximum atomic E-state index is 15.3. The van der Waals surface area contributed by atoms with Crippen molar-refractivity contribution >= 4 is 34.9 Å². The quantitative estimate of drug-likeness (QED) is 0.331. The molecule has 2 heterocycles. The van der Waals surface area contributed by atoms with Gasteiger partial charge in [0.05, 0.1) is 45.8 Å². The van der Waals surface area contributed by atoms with Gasteiger partial charge < -0.3 is 19.9 Å². The highest BCUT2D eigenvalue weighted by Gasteiger charge is 2.25. The van der Waals surface area contributed by atoms with Crippen LogP contribution in [0.25, 0.3) is 11.3 Å². The largest absolute Gasteiger partial charge is 0.496 e. The molecule has 5 rings (SSSR count). The van der Waals surface area contributed by atoms with Gasteiger partial charge in [0, 0.05) is 39.7 Å². The SMILES string of the molecule is [2H]C([2H])([2H])Oc1cc(Nc2ncc3c(n2)-c2ccc(Cl)cc2C(c2c(F)cccc2OC([2H])([2H])[2H])=NC3)ccc1C(=O)O. The van der Waals surface area contributed by atoms with E-state index in [2.05, 4.69) is 20.3 Å². The zero-order chi connectivity index (χ0) is 31.1. The molecule has 1 aliphatic heterocycles. The van der Waals surface area contributed by atoms with Crippen LogP contribution in [-0.2, 0) is 6.54 Å². The molecule has 0 fully saturated rings. The average molecular weight is 525 g/mol. The first kappa shape index (κ1) is 17.9. The molecule has 0 saturated heterocycles. The molecule has 2 N–H and O–H groups in total. The Bertz CT molecular complexity index is 1780. The van der Waals surface area contributed by atoms with E-state index in [-0.39, 0.29) is 46.5 Å². The molecule has 0 atom stereocenters. The van der Waals surface area contributed by atoms with Gasteiger partial charge in [-0.05, 0) is 36.4 Å². The molecule has 0 bridgehead atoms. The number of hydrogen-bond acceptors (Lipinski definition) is 7. The summed E-state index contributed by atoms with van der Waals surface area (Å²) in [5, 5.41) is 12.6. The van der Waals surface area contributed by atoms with Gasteiger partial charge in [-0.1, -0.05) is 23.7 Å². The number of halogens is 2. The number of fused-ring (bicyclic) bond motifs is 3. The molecule has 0 saturated carbocycles. The molecule has 0 aliphatic carbocycles. The van der Waals surface area contributed by atoms with Gasteiger partial charge in [-0.3, -0.25) is 4.99 Å². The molecule has 0 radical (unpaired) electrons. The van der Waals surface area contributed by atoms with Crippen molar-refractivity contribution in [1.82, 2.24) is 9.97 Å². The molecule has 8 nitrogen and oxygen atoms in total. The smallest absolute Gasteiger partial charge is 0.339 e. The molecule has 1 aliphatic rings. The van der Waals surface area contributed by atoms with E-state index in [0.29, 0.717) is 27.4 Å². The van der Waals surface area contributed by atoms with Crippen LogP contribution in [0.2, 0.25) is 5.02 Å². The lowest BCUT2D eigenvalue weighted by Crippen LogP contribution is -2.09. The van der Waals surface area contributed by atoms with E-state index in [4.69, 9.17) is 29.3 Å². The third-order valence-corrected chi connectivity index (χ3v) is 5.90. The van der Waals surface area contributed by atoms with Crippen LogP contribution in [0, 0.1) is 5.82 Å². The van der Waals surface area contributed by atoms with Crippen LogP contribution in [0.5, 0.6) is 11.5 Å². The number of benzene rings is 3. The van der Waals surface area contributed by atoms with Gasteiger partial charge in [0.2, 0.25) is 5.95 Å². The minimum atomic E-state index is -2.89. The van der Waals surface area contributed by atoms with Crippen molar-refractivity contribution in [3.8, 4) is 22.8 Å². The van der Waals surface area contributed by atoms with Gasteiger partial charge in [-0.25, -0.2) is 19.2 Å². The predicted molar refractivity (Wildman–Crippen MR) is 138 cm³/mol. The molecule has 186 valence electrons. The van der Waals surface area contributed by atoms with Crippen LogP contribution in [-0.4, -0.2) is 40.8 Å². The summed E-state index contributed by atoms with van der Waals surface area (Å²) < 4.78 is 69.9. The Morgan fingerprint density at radius 1 is 1.11 bits per heavy atom. The lowest BCUT2D eigenvalue weighted by molar-refractivity contribution is 0.0693. The minimum Gasteiger partial charge on any atom is -0.496 e. The summed E-state index contributed by atoms with van der Waals surface area (Å²) in [5.41, 5.74) is 1.61. The molecule has 1 aromatic heterocycles. The molecular formula is C27H20ClFN4O4. The summed E-state index contributed by atoms with van der Waals surface area (Å²) in [7, 11) is -5.74. The number of ether oxygens (including phenoxy) is 2. The number of carboxylic acids is 1. The molecular weight excluding hydrogens is 499 g/mol. The second kappa shape index (κ2) is 9.87. The molecule has 3 aromatic carbocycles. The van der Waals surface area contributed by atoms with Gasteiger partial charge >= 0.3 is 5.97 Å². The second-order valence-corrected chi connectivity index (χ2v) is 8.32. The molecule has 0 unspecified atom stereocenters. The standard InChI is InChI=1S/C27H20ClFN4O4/c1-36-21-5-3-4-20(29)23(21)25-19-10-15(28)6-8-17(19)24-14(12-30-25)13-31-27(33-24)32-16-7-9-18(26(34)35)22(11-16)37-2/h3-11,13H,12H2,1-2H3,(H,34,35)(H,31,32,33)/i1D3,2D3. The van der Waals surface area contributed by atoms with Crippen LogP contribution >= 0.6 is 11.6 Å². The lowest BCUT2D eigenvalue weighted by atomic mass is 9.94. The number of aromatic carboxylic acids is 1. The van der Waals surface area contributed by atoms with Crippen molar-refractivity contribution in [2.75, 3.05) is 19.4 Å². The molecule has 4 aromatic rings. The Balaban J connectivity index is 1.58. The molecule has 37 heavy (non-hydrogen) atoms. The summed E-state index contributed by atoms with van der Waals surface area (Å²) in [5.74, 6) is -2.69. The van der Waals surface area contributed by atoms with E-state index in [9.17, 15) is 9.90 Å². The van der Waals surface area contributed by atoms with E-state index in [0.717, 1.165) is 6.07 Å². The first-order valence-electron chi connectivity index (χ1n) is 13.7. The number of aromatic nitrogens is 2. The van der Waals surface area contributed by atoms with Gasteiger partial charge in [0.1, 0.15) is 22.9 Å². The van der Waals surface area contributed by atoms with Gasteiger partial charge in [-0.15, -0.1) is 0 Å². The Morgan fingerprint density at radius 2 is 1.95 bits per heavy atom. The Hall–Kier alpha value is -4.50. The van der Waals surface area contributed by atoms with Crippen LogP contribution in [0.4, 0.5) is 16.0 Å². The molecule has 0 amide bonds. The lowest BCUT2D eigenvalue weighted by Gasteiger charge is -2.15. The van der Waals surface area contributed by atoms with E-state index >= 15 is 4.39 Å². The molecule has 10 heteroatoms. The number of nitrogens with zero attached hydrogens (tertiary/aromatic N) is 3. The summed E-state index contributed by atoms with van der Waals surface area (Å²) >= 11 is 6.32. The van der Waals surface area contributed by atoms with Crippen molar-refractivity contribution in [2.24, 2.45) is 4.99 Å². The zero-order valence-corrected chi connectivity index (χ0v) is 19.5. The third-order valence-electron chi connectivity index (χ3n) is 5.66. The number of aliphatic imine (C=N–C) groups is 1. The molecule has 0 spiro atoms. The van der Waals surface area contributed by atoms with E-state index in [1.807, 2.05) is 0 Å². The van der Waals surface area contributed by atoms with Crippen LogP contribution in [0.3, 0.4) is 0 Å². The number of hydrogen-bond donors (Lipinski definition) is 2. The van der Waals surface area contributed by atoms with Gasteiger partial charge in [-0.2, -0.15) is 0 Å². The predicted octanol–water partition coefficient (Wildman–Crippen LogP) is 5.75. The Labute approximate surface area is 224 Å². The van der Waals surface area contributed by atoms with Gasteiger partial charge in [0.25, 0.3) is 0 Å². The van der Waals surface area contributed by atoms with E-state index in [1.54, 1.807) is 18.2 Å². The normalized spacial score (nSPS) is 15.1. The maximum absolute atomic E-state index is 15.3. The van der Waals surface area contributed by atoms with Crippen LogP contribution in [0.1, 0.15) is 35.3 Å². The first-order chi connectivity index (χ1) is 20.2. The Kier molecular flexibility index (Phi) is 4.76. The number of anilines is 2. The van der Waals surface area contributed by atoms with Crippen molar-refractivity contribution in [3.63, 3.8) is 0 Å². The topological polar surface area (TPSA) is 106 Å². The minimum absolute atomic E-state index is 0.0112. The van der Waals surface area contributed by atoms with E-state index < -0.39 is 25.9 Å². The van der Waals surface area contributed by atoms with Crippen molar-refractivity contribution in [1.29, 1.82) is 0 Å². The highest BCUT2D eigenvalue weighted by Crippen LogP contribution is 2.36. The van der Waals surface area contributed by atoms with Crippen molar-refractivity contribution in [2.45, 2.75) is 6.54 Å². The van der Waals surface area contributed by atoms with Crippen LogP contribution in [0.15, 0.2) is 65.8 Å². The highest BCUT2D eigenvalue weighted by atomic mass is 35.5. The fourth-order valence-corrected chi connectivity index (χ4v) is 4.18. The number of nitrogens with one attached hydrogen (secondary N) is 1. The van der Waals surface area contributed by atoms with E-state index in [1.165, 1.54) is 36.5 Å². The fraction of sp³-hybridized carbons (Fsp3) is 0.111.